The molecule has 1 saturated carbocycles. The lowest BCUT2D eigenvalue weighted by Crippen LogP contribution is -2.62. The van der Waals surface area contributed by atoms with Gasteiger partial charge in [0.05, 0.1) is 25.3 Å². The molecule has 2 aliphatic carbocycles. The Bertz CT molecular complexity index is 4120. The van der Waals surface area contributed by atoms with Crippen molar-refractivity contribution in [3.63, 3.8) is 0 Å². The van der Waals surface area contributed by atoms with Gasteiger partial charge in [0.15, 0.2) is 5.78 Å². The number of hydrogen-bond acceptors (Lipinski definition) is 21. The number of nitrogens with two attached hydrogens (primary N) is 5. The lowest BCUT2D eigenvalue weighted by molar-refractivity contribution is -0.143. The van der Waals surface area contributed by atoms with Crippen LogP contribution in [-0.2, 0) is 73.5 Å². The Morgan fingerprint density at radius 1 is 0.371 bits per heavy atom. The van der Waals surface area contributed by atoms with E-state index in [1.54, 1.807) is 90.6 Å². The number of amides is 13. The van der Waals surface area contributed by atoms with Gasteiger partial charge in [-0.15, -0.1) is 23.5 Å². The van der Waals surface area contributed by atoms with Crippen LogP contribution >= 0.6 is 23.5 Å². The SMILES string of the molecule is CC(C)C[C@@H]1NC(=O)[C@@H]2CCCN2C(=O)[C@@H](Cc2ccccc2)NC(=O)[C@H](C(C)C)NC(=O)[C@H](CCCCN)NC(=O)[C@H](CCCN)NC(=O)[C@H](CCCCN)NC(=O)[C@H](C(C)C)NC(=O)C2=CC3=C4CCCC4=C4C=C(S[C@]4(C)[C@@]3(C)S2)C(=O)[C@H]2CCCN2C(=O)[C@H](C(C)C)NC(=O)[C@H](CCCCN)NC(=O)[C@H](C(C)C)NC(=O)[C@@H](CCCCN)NC1=O. The molecule has 4 bridgehead atoms. The highest BCUT2D eigenvalue weighted by molar-refractivity contribution is 8.10. The van der Waals surface area contributed by atoms with Crippen LogP contribution < -0.4 is 87.2 Å². The summed E-state index contributed by atoms with van der Waals surface area (Å²) in [6, 6.07) is -7.05. The van der Waals surface area contributed by atoms with E-state index in [-0.39, 0.29) is 115 Å². The molecule has 0 spiro atoms. The Labute approximate surface area is 740 Å². The summed E-state index contributed by atoms with van der Waals surface area (Å²) in [6.07, 6.45) is 11.4. The van der Waals surface area contributed by atoms with E-state index in [1.807, 2.05) is 26.0 Å². The Morgan fingerprint density at radius 3 is 1.14 bits per heavy atom. The average molecular weight is 1760 g/mol. The molecule has 15 atom stereocenters. The summed E-state index contributed by atoms with van der Waals surface area (Å²) in [4.78, 5) is 214. The van der Waals surface area contributed by atoms with E-state index in [2.05, 4.69) is 72.3 Å². The predicted molar refractivity (Wildman–Crippen MR) is 481 cm³/mol. The second-order valence-corrected chi connectivity index (χ2v) is 39.3. The number of ketones is 1. The smallest absolute Gasteiger partial charge is 0.258 e. The Morgan fingerprint density at radius 2 is 0.718 bits per heavy atom. The van der Waals surface area contributed by atoms with Gasteiger partial charge in [0, 0.05) is 19.5 Å². The fraction of sp³-hybridized carbons (Fsp3) is 0.689. The molecule has 0 unspecified atom stereocenters. The Balaban J connectivity index is 1.15. The topological polar surface area (TPSA) is 508 Å². The van der Waals surface area contributed by atoms with Crippen LogP contribution in [0.5, 0.6) is 0 Å². The summed E-state index contributed by atoms with van der Waals surface area (Å²) < 4.78 is -1.67. The van der Waals surface area contributed by atoms with Crippen molar-refractivity contribution in [1.82, 2.24) is 68.3 Å². The van der Waals surface area contributed by atoms with E-state index < -0.39 is 189 Å². The third-order valence-electron chi connectivity index (χ3n) is 25.0. The van der Waals surface area contributed by atoms with Gasteiger partial charge in [-0.25, -0.2) is 0 Å². The molecule has 8 rings (SSSR count). The van der Waals surface area contributed by atoms with Crippen LogP contribution in [0.3, 0.4) is 0 Å². The molecule has 21 N–H and O–H groups in total. The minimum absolute atomic E-state index is 0.00507. The summed E-state index contributed by atoms with van der Waals surface area (Å²) in [7, 11) is 0. The molecule has 688 valence electrons. The summed E-state index contributed by atoms with van der Waals surface area (Å²) in [6.45, 7) is 23.3. The zero-order valence-electron chi connectivity index (χ0n) is 75.0. The molecule has 4 fully saturated rings. The first-order chi connectivity index (χ1) is 59.0. The number of fused-ring (bicyclic) bond motifs is 5. The molecule has 1 aromatic carbocycles. The van der Waals surface area contributed by atoms with Gasteiger partial charge in [0.25, 0.3) is 5.91 Å². The van der Waals surface area contributed by atoms with Crippen LogP contribution in [0.4, 0.5) is 0 Å². The number of thioether (sulfide) groups is 2. The first kappa shape index (κ1) is 101. The standard InChI is InChI=1S/C90H142N18O14S2/c1-50(2)46-65-81(115)98-62(34-18-22-41-93)79(113)103-71(51(3)4)84(118)100-63(35-19-23-42-94)80(114)106-74(54(9)10)88(122)107-44-26-37-67(107)75(109)69-48-58-56-30-24-31-57(56)59-49-70(124-90(59,12)89(58,11)123-69)83(117)105-73(53(7)8)85(119)99-60(32-16-20-39-91)76(110)97-64(36-25-43-95)77(111)96-61(33-17-21-40-92)78(112)104-72(52(5)6)86(120)102-66(47-55-28-14-13-15-29-55)87(121)108-45-27-38-68(108)82(116)101-65/h13-15,28-29,48-54,60-68,71-74H,16-27,30-47,91-95H2,1-12H3,(H,96,111)(H,97,110)(H,98,115)(H,99,119)(H,100,118)(H,101,116)(H,102,120)(H,103,113)(H,104,112)(H,105,117)(H,106,114)/t60-,61-,62+,63-,64-,65-,66+,67+,68-,71-,72-,73-,74-,89-,90-/m0/s1. The molecule has 3 saturated heterocycles. The zero-order chi connectivity index (χ0) is 91.0. The average Bonchev–Trinajstić information content (AvgIpc) is 1.52. The molecule has 0 radical (unpaired) electrons. The largest absolute Gasteiger partial charge is 0.343 e. The van der Waals surface area contributed by atoms with Gasteiger partial charge < -0.3 is 97.0 Å². The number of rotatable bonds is 27. The lowest BCUT2D eigenvalue weighted by Gasteiger charge is -2.47. The first-order valence-corrected chi connectivity index (χ1v) is 46.9. The summed E-state index contributed by atoms with van der Waals surface area (Å²) in [5.74, 6) is -11.5. The summed E-state index contributed by atoms with van der Waals surface area (Å²) in [5.41, 5.74) is 34.7. The number of Topliss-reactive ketones (excluding diaryl/α,β-unsaturated/α-hetero) is 1. The van der Waals surface area contributed by atoms with E-state index in [9.17, 15) is 43.2 Å². The minimum Gasteiger partial charge on any atom is -0.343 e. The molecule has 13 amide bonds. The van der Waals surface area contributed by atoms with E-state index in [1.165, 1.54) is 28.4 Å². The molecular formula is C90H142N18O14S2. The van der Waals surface area contributed by atoms with Gasteiger partial charge in [-0.2, -0.15) is 0 Å². The fourth-order valence-corrected chi connectivity index (χ4v) is 20.7. The van der Waals surface area contributed by atoms with E-state index >= 15 is 24.0 Å². The number of hydrogen-bond donors (Lipinski definition) is 16. The number of nitrogens with zero attached hydrogens (tertiary/aromatic N) is 2. The molecule has 124 heavy (non-hydrogen) atoms. The van der Waals surface area contributed by atoms with Crippen LogP contribution in [0, 0.1) is 29.6 Å². The molecular weight excluding hydrogens is 1620 g/mol. The number of allylic oxidation sites excluding steroid dienone is 4. The van der Waals surface area contributed by atoms with E-state index in [0.717, 1.165) is 41.6 Å². The van der Waals surface area contributed by atoms with Crippen LogP contribution in [-0.4, -0.2) is 226 Å². The van der Waals surface area contributed by atoms with E-state index in [4.69, 9.17) is 28.7 Å². The van der Waals surface area contributed by atoms with Crippen molar-refractivity contribution in [2.75, 3.05) is 45.8 Å². The highest BCUT2D eigenvalue weighted by Crippen LogP contribution is 2.68. The van der Waals surface area contributed by atoms with Crippen molar-refractivity contribution in [3.8, 4) is 0 Å². The van der Waals surface area contributed by atoms with Gasteiger partial charge in [-0.3, -0.25) is 67.1 Å². The van der Waals surface area contributed by atoms with Crippen LogP contribution in [0.15, 0.2) is 74.6 Å². The molecule has 5 heterocycles. The second kappa shape index (κ2) is 47.3. The third kappa shape index (κ3) is 25.7. The second-order valence-electron chi connectivity index (χ2n) is 36.4. The normalized spacial score (nSPS) is 28.8. The van der Waals surface area contributed by atoms with Crippen molar-refractivity contribution in [1.29, 1.82) is 0 Å². The van der Waals surface area contributed by atoms with Crippen LogP contribution in [0.2, 0.25) is 0 Å². The molecule has 32 nitrogen and oxygen atoms in total. The van der Waals surface area contributed by atoms with Crippen LogP contribution in [0.1, 0.15) is 230 Å². The molecule has 5 aliphatic heterocycles. The number of benzene rings is 1. The van der Waals surface area contributed by atoms with E-state index in [0.29, 0.717) is 86.0 Å². The highest BCUT2D eigenvalue weighted by atomic mass is 32.2. The van der Waals surface area contributed by atoms with Gasteiger partial charge in [0.2, 0.25) is 70.9 Å². The quantitative estimate of drug-likeness (QED) is 0.0559. The summed E-state index contributed by atoms with van der Waals surface area (Å²) >= 11 is 2.75. The zero-order valence-corrected chi connectivity index (χ0v) is 76.6. The van der Waals surface area contributed by atoms with Crippen LogP contribution in [0.25, 0.3) is 0 Å². The van der Waals surface area contributed by atoms with Crippen molar-refractivity contribution in [3.05, 3.63) is 80.2 Å². The maximum absolute atomic E-state index is 15.5. The van der Waals surface area contributed by atoms with Gasteiger partial charge in [-0.1, -0.05) is 99.6 Å². The third-order valence-corrected chi connectivity index (χ3v) is 28.2. The number of carbonyl (C=O) groups excluding carboxylic acids is 14. The minimum atomic E-state index is -1.32. The van der Waals surface area contributed by atoms with Crippen molar-refractivity contribution in [2.24, 2.45) is 58.3 Å². The maximum Gasteiger partial charge on any atom is 0.258 e. The lowest BCUT2D eigenvalue weighted by atomic mass is 9.72. The Hall–Kier alpha value is -8.54. The fourth-order valence-electron chi connectivity index (χ4n) is 17.7. The maximum atomic E-state index is 15.5. The highest BCUT2D eigenvalue weighted by Gasteiger charge is 2.61. The molecule has 34 heteroatoms. The number of nitrogens with one attached hydrogen (secondary N) is 11. The number of carbonyl (C=O) groups is 14. The van der Waals surface area contributed by atoms with Gasteiger partial charge in [-0.05, 0) is 257 Å². The molecule has 7 aliphatic rings. The predicted octanol–water partition coefficient (Wildman–Crippen LogP) is 3.62. The van der Waals surface area contributed by atoms with Crippen molar-refractivity contribution in [2.45, 2.75) is 319 Å². The first-order valence-electron chi connectivity index (χ1n) is 45.3. The molecule has 1 aromatic rings. The monoisotopic (exact) mass is 1760 g/mol. The van der Waals surface area contributed by atoms with Gasteiger partial charge >= 0.3 is 0 Å². The summed E-state index contributed by atoms with van der Waals surface area (Å²) in [5, 5.41) is 31.9. The number of unbranched alkanes of at least 4 members (excludes halogenated alkanes) is 4. The Kier molecular flexibility index (Phi) is 38.5. The van der Waals surface area contributed by atoms with Gasteiger partial charge in [0.1, 0.15) is 72.5 Å². The van der Waals surface area contributed by atoms with Crippen molar-refractivity contribution < 1.29 is 67.1 Å². The van der Waals surface area contributed by atoms with Crippen molar-refractivity contribution >= 4 is 106 Å². The molecule has 0 aromatic heterocycles.